The van der Waals surface area contributed by atoms with Gasteiger partial charge in [-0.15, -0.1) is 0 Å². The Morgan fingerprint density at radius 3 is 1.27 bits per heavy atom. The van der Waals surface area contributed by atoms with Crippen LogP contribution in [-0.4, -0.2) is 97.9 Å². The summed E-state index contributed by atoms with van der Waals surface area (Å²) < 4.78 is 0. The average Bonchev–Trinajstić information content (AvgIpc) is 2.86. The quantitative estimate of drug-likeness (QED) is 0.178. The molecule has 0 bridgehead atoms. The molecule has 0 aromatic carbocycles. The number of nitrogens with zero attached hydrogens (tertiary/aromatic N) is 2. The van der Waals surface area contributed by atoms with E-state index < -0.39 is 0 Å². The van der Waals surface area contributed by atoms with E-state index in [9.17, 15) is 19.2 Å². The molecule has 10 heteroatoms. The minimum atomic E-state index is -0.0896. The highest BCUT2D eigenvalue weighted by atomic mass is 16.2. The van der Waals surface area contributed by atoms with Crippen molar-refractivity contribution in [1.82, 2.24) is 31.1 Å². The van der Waals surface area contributed by atoms with Crippen LogP contribution in [0.5, 0.6) is 0 Å². The Balaban J connectivity index is 5.42. The van der Waals surface area contributed by atoms with Gasteiger partial charge in [0.25, 0.3) is 0 Å². The van der Waals surface area contributed by atoms with Crippen molar-refractivity contribution in [2.45, 2.75) is 88.2 Å². The Hall–Kier alpha value is -2.20. The van der Waals surface area contributed by atoms with Crippen LogP contribution in [0, 0.1) is 29.6 Å². The zero-order valence-corrected chi connectivity index (χ0v) is 27.2. The largest absolute Gasteiger partial charge is 0.355 e. The highest BCUT2D eigenvalue weighted by Crippen LogP contribution is 2.11. The second-order valence-corrected chi connectivity index (χ2v) is 12.4. The summed E-state index contributed by atoms with van der Waals surface area (Å²) in [6.45, 7) is 26.6. The minimum Gasteiger partial charge on any atom is -0.355 e. The molecule has 10 nitrogen and oxygen atoms in total. The van der Waals surface area contributed by atoms with Crippen molar-refractivity contribution in [1.29, 1.82) is 0 Å². The molecule has 0 saturated carbocycles. The molecule has 0 aromatic rings. The van der Waals surface area contributed by atoms with E-state index in [1.807, 2.05) is 62.3 Å². The molecular formula is C30H60N6O4. The molecule has 40 heavy (non-hydrogen) atoms. The van der Waals surface area contributed by atoms with Gasteiger partial charge < -0.3 is 21.3 Å². The van der Waals surface area contributed by atoms with Gasteiger partial charge in [-0.3, -0.25) is 29.0 Å². The lowest BCUT2D eigenvalue weighted by molar-refractivity contribution is -0.125. The van der Waals surface area contributed by atoms with Crippen molar-refractivity contribution in [3.63, 3.8) is 0 Å². The van der Waals surface area contributed by atoms with Crippen molar-refractivity contribution < 1.29 is 19.2 Å². The van der Waals surface area contributed by atoms with Crippen LogP contribution in [0.4, 0.5) is 0 Å². The number of hydrogen-bond acceptors (Lipinski definition) is 6. The fourth-order valence-electron chi connectivity index (χ4n) is 4.09. The van der Waals surface area contributed by atoms with E-state index in [2.05, 4.69) is 44.9 Å². The second kappa shape index (κ2) is 19.8. The maximum atomic E-state index is 12.4. The molecule has 0 fully saturated rings. The van der Waals surface area contributed by atoms with Crippen molar-refractivity contribution in [3.8, 4) is 0 Å². The molecule has 0 aromatic heterocycles. The molecule has 0 heterocycles. The van der Waals surface area contributed by atoms with Crippen LogP contribution in [0.25, 0.3) is 0 Å². The number of hydrogen-bond donors (Lipinski definition) is 4. The third-order valence-electron chi connectivity index (χ3n) is 7.04. The second-order valence-electron chi connectivity index (χ2n) is 12.4. The summed E-state index contributed by atoms with van der Waals surface area (Å²) in [4.78, 5) is 53.2. The Labute approximate surface area is 244 Å². The van der Waals surface area contributed by atoms with Crippen LogP contribution in [-0.2, 0) is 19.2 Å². The monoisotopic (exact) mass is 568 g/mol. The van der Waals surface area contributed by atoms with E-state index in [0.29, 0.717) is 39.3 Å². The summed E-state index contributed by atoms with van der Waals surface area (Å²) in [7, 11) is 0. The molecule has 4 amide bonds. The van der Waals surface area contributed by atoms with Gasteiger partial charge in [0.15, 0.2) is 0 Å². The SMILES string of the molecule is CC(CN(CCNC(=O)C(C)C)CCNC(=O)C(C)C)CN(CCNC(=O)C(C)C)C(C)C(C)NC(=O)C(C)C. The molecule has 4 N–H and O–H groups in total. The highest BCUT2D eigenvalue weighted by Gasteiger charge is 2.25. The summed E-state index contributed by atoms with van der Waals surface area (Å²) in [5.74, 6) is 0.0766. The zero-order valence-electron chi connectivity index (χ0n) is 27.2. The number of rotatable bonds is 20. The van der Waals surface area contributed by atoms with Crippen LogP contribution in [0.3, 0.4) is 0 Å². The molecule has 0 saturated heterocycles. The van der Waals surface area contributed by atoms with Crippen molar-refractivity contribution in [2.75, 3.05) is 52.4 Å². The van der Waals surface area contributed by atoms with Crippen LogP contribution in [0.2, 0.25) is 0 Å². The number of amides is 4. The lowest BCUT2D eigenvalue weighted by Gasteiger charge is -2.37. The van der Waals surface area contributed by atoms with E-state index in [1.165, 1.54) is 0 Å². The summed E-state index contributed by atoms with van der Waals surface area (Å²) >= 11 is 0. The van der Waals surface area contributed by atoms with Gasteiger partial charge in [0.05, 0.1) is 0 Å². The van der Waals surface area contributed by atoms with Gasteiger partial charge in [0, 0.05) is 88.1 Å². The predicted molar refractivity (Wildman–Crippen MR) is 163 cm³/mol. The molecule has 3 atom stereocenters. The lowest BCUT2D eigenvalue weighted by Crippen LogP contribution is -2.53. The van der Waals surface area contributed by atoms with Crippen molar-refractivity contribution in [3.05, 3.63) is 0 Å². The Kier molecular flexibility index (Phi) is 18.7. The van der Waals surface area contributed by atoms with Crippen LogP contribution in [0.1, 0.15) is 76.2 Å². The molecular weight excluding hydrogens is 508 g/mol. The van der Waals surface area contributed by atoms with Crippen molar-refractivity contribution >= 4 is 23.6 Å². The van der Waals surface area contributed by atoms with Gasteiger partial charge in [-0.2, -0.15) is 0 Å². The molecule has 3 unspecified atom stereocenters. The fraction of sp³-hybridized carbons (Fsp3) is 0.867. The standard InChI is InChI=1S/C30H60N6O4/c1-20(2)27(37)31-12-15-35(16-13-32-28(38)21(3)4)18-24(9)19-36(17-14-33-29(39)22(5)6)26(11)25(10)34-30(40)23(7)8/h20-26H,12-19H2,1-11H3,(H,31,37)(H,32,38)(H,33,39)(H,34,40). The number of nitrogens with one attached hydrogen (secondary N) is 4. The third-order valence-corrected chi connectivity index (χ3v) is 7.04. The molecule has 0 aliphatic carbocycles. The Bertz CT molecular complexity index is 745. The minimum absolute atomic E-state index is 0.0264. The Morgan fingerprint density at radius 1 is 0.525 bits per heavy atom. The molecule has 234 valence electrons. The predicted octanol–water partition coefficient (Wildman–Crippen LogP) is 2.09. The summed E-state index contributed by atoms with van der Waals surface area (Å²) in [6.07, 6.45) is 0. The fourth-order valence-corrected chi connectivity index (χ4v) is 4.09. The maximum Gasteiger partial charge on any atom is 0.222 e. The lowest BCUT2D eigenvalue weighted by atomic mass is 10.0. The number of carbonyl (C=O) groups is 4. The smallest absolute Gasteiger partial charge is 0.222 e. The van der Waals surface area contributed by atoms with Gasteiger partial charge in [0.2, 0.25) is 23.6 Å². The summed E-state index contributed by atoms with van der Waals surface area (Å²) in [5, 5.41) is 12.1. The first-order chi connectivity index (χ1) is 18.6. The first kappa shape index (κ1) is 37.8. The zero-order chi connectivity index (χ0) is 31.0. The summed E-state index contributed by atoms with van der Waals surface area (Å²) in [5.41, 5.74) is 0. The molecule has 0 spiro atoms. The molecule has 0 rings (SSSR count). The van der Waals surface area contributed by atoms with Gasteiger partial charge in [-0.1, -0.05) is 62.3 Å². The summed E-state index contributed by atoms with van der Waals surface area (Å²) in [6, 6.07) is 0.00158. The molecule has 0 aliphatic heterocycles. The van der Waals surface area contributed by atoms with E-state index in [4.69, 9.17) is 0 Å². The Morgan fingerprint density at radius 2 is 0.900 bits per heavy atom. The van der Waals surface area contributed by atoms with Gasteiger partial charge in [-0.25, -0.2) is 0 Å². The van der Waals surface area contributed by atoms with E-state index in [0.717, 1.165) is 13.1 Å². The van der Waals surface area contributed by atoms with Crippen LogP contribution < -0.4 is 21.3 Å². The van der Waals surface area contributed by atoms with E-state index in [1.54, 1.807) is 0 Å². The van der Waals surface area contributed by atoms with Gasteiger partial charge in [0.1, 0.15) is 0 Å². The van der Waals surface area contributed by atoms with Crippen LogP contribution in [0.15, 0.2) is 0 Å². The third kappa shape index (κ3) is 16.2. The van der Waals surface area contributed by atoms with E-state index >= 15 is 0 Å². The average molecular weight is 569 g/mol. The van der Waals surface area contributed by atoms with Crippen molar-refractivity contribution in [2.24, 2.45) is 29.6 Å². The van der Waals surface area contributed by atoms with Gasteiger partial charge in [-0.05, 0) is 19.8 Å². The molecule has 0 aliphatic rings. The van der Waals surface area contributed by atoms with Gasteiger partial charge >= 0.3 is 0 Å². The first-order valence-electron chi connectivity index (χ1n) is 15.2. The number of carbonyl (C=O) groups excluding carboxylic acids is 4. The molecule has 0 radical (unpaired) electrons. The highest BCUT2D eigenvalue weighted by molar-refractivity contribution is 5.79. The first-order valence-corrected chi connectivity index (χ1v) is 15.2. The topological polar surface area (TPSA) is 123 Å². The van der Waals surface area contributed by atoms with Crippen LogP contribution >= 0.6 is 0 Å². The maximum absolute atomic E-state index is 12.4. The normalized spacial score (nSPS) is 14.1. The van der Waals surface area contributed by atoms with E-state index in [-0.39, 0.29) is 65.3 Å².